The first-order chi connectivity index (χ1) is 4.43. The number of aromatic nitrogens is 1. The van der Waals surface area contributed by atoms with Crippen LogP contribution in [0.3, 0.4) is 0 Å². The van der Waals surface area contributed by atoms with E-state index in [2.05, 4.69) is 4.98 Å². The topological polar surface area (TPSA) is 24.9 Å². The highest BCUT2D eigenvalue weighted by atomic mass is 19.2. The third kappa shape index (κ3) is 1.77. The predicted molar refractivity (Wildman–Crippen MR) is 32.2 cm³/mol. The average molecular weight is 126 g/mol. The lowest BCUT2D eigenvalue weighted by molar-refractivity contribution is 0.330. The molecule has 0 fully saturated rings. The van der Waals surface area contributed by atoms with Crippen molar-refractivity contribution in [2.75, 3.05) is 0 Å². The van der Waals surface area contributed by atoms with Crippen molar-refractivity contribution < 1.29 is 4.48 Å². The molecule has 0 aliphatic carbocycles. The molecule has 0 saturated carbocycles. The van der Waals surface area contributed by atoms with Gasteiger partial charge in [0.25, 0.3) is 0 Å². The molecule has 0 bridgehead atoms. The van der Waals surface area contributed by atoms with Crippen LogP contribution in [-0.2, 0) is 6.54 Å². The smallest absolute Gasteiger partial charge is 0.0511 e. The Hall–Kier alpha value is -0.960. The maximum atomic E-state index is 11.4. The summed E-state index contributed by atoms with van der Waals surface area (Å²) in [6.45, 7) is 0.252. The summed E-state index contributed by atoms with van der Waals surface area (Å²) < 4.78 is 11.4. The van der Waals surface area contributed by atoms with Crippen LogP contribution in [0.25, 0.3) is 0 Å². The van der Waals surface area contributed by atoms with Crippen LogP contribution in [0.5, 0.6) is 0 Å². The molecule has 0 aliphatic rings. The standard InChI is InChI=1S/C6H7FN2/c7-9-5-6-1-3-8-4-2-6/h1-4,9H,5H2. The number of rotatable bonds is 2. The number of nitrogens with one attached hydrogen (secondary N) is 1. The molecule has 1 aromatic heterocycles. The highest BCUT2D eigenvalue weighted by molar-refractivity contribution is 5.08. The summed E-state index contributed by atoms with van der Waals surface area (Å²) in [4.78, 5) is 3.78. The van der Waals surface area contributed by atoms with Crippen LogP contribution >= 0.6 is 0 Å². The van der Waals surface area contributed by atoms with E-state index in [1.54, 1.807) is 30.1 Å². The summed E-state index contributed by atoms with van der Waals surface area (Å²) in [6.07, 6.45) is 3.26. The maximum absolute atomic E-state index is 11.4. The highest BCUT2D eigenvalue weighted by Gasteiger charge is 1.86. The summed E-state index contributed by atoms with van der Waals surface area (Å²) in [7, 11) is 0. The van der Waals surface area contributed by atoms with Gasteiger partial charge in [0.05, 0.1) is 6.54 Å². The molecule has 0 atom stereocenters. The molecule has 1 rings (SSSR count). The van der Waals surface area contributed by atoms with E-state index < -0.39 is 0 Å². The summed E-state index contributed by atoms with van der Waals surface area (Å²) in [6, 6.07) is 3.51. The number of halogens is 1. The van der Waals surface area contributed by atoms with Gasteiger partial charge in [0.15, 0.2) is 0 Å². The van der Waals surface area contributed by atoms with Crippen LogP contribution in [0.1, 0.15) is 5.56 Å². The zero-order valence-corrected chi connectivity index (χ0v) is 4.84. The van der Waals surface area contributed by atoms with Crippen LogP contribution in [-0.4, -0.2) is 4.98 Å². The molecule has 0 aromatic carbocycles. The van der Waals surface area contributed by atoms with Crippen molar-refractivity contribution in [3.8, 4) is 0 Å². The van der Waals surface area contributed by atoms with Gasteiger partial charge in [0.1, 0.15) is 0 Å². The van der Waals surface area contributed by atoms with Crippen molar-refractivity contribution in [2.45, 2.75) is 6.54 Å². The van der Waals surface area contributed by atoms with Gasteiger partial charge in [0, 0.05) is 12.4 Å². The molecule has 48 valence electrons. The minimum Gasteiger partial charge on any atom is -0.265 e. The third-order valence-electron chi connectivity index (χ3n) is 1.02. The molecule has 2 nitrogen and oxygen atoms in total. The van der Waals surface area contributed by atoms with Crippen molar-refractivity contribution in [2.24, 2.45) is 0 Å². The van der Waals surface area contributed by atoms with Crippen molar-refractivity contribution >= 4 is 0 Å². The number of pyridine rings is 1. The Morgan fingerprint density at radius 1 is 1.44 bits per heavy atom. The van der Waals surface area contributed by atoms with Crippen LogP contribution in [0.4, 0.5) is 4.48 Å². The molecule has 0 spiro atoms. The SMILES string of the molecule is FNCc1ccncc1. The van der Waals surface area contributed by atoms with Crippen molar-refractivity contribution in [3.05, 3.63) is 30.1 Å². The number of hydrogen-bond donors (Lipinski definition) is 1. The molecule has 1 aromatic rings. The van der Waals surface area contributed by atoms with Gasteiger partial charge in [0.2, 0.25) is 0 Å². The van der Waals surface area contributed by atoms with Gasteiger partial charge in [-0.1, -0.05) is 0 Å². The monoisotopic (exact) mass is 126 g/mol. The predicted octanol–water partition coefficient (Wildman–Crippen LogP) is 1.06. The first kappa shape index (κ1) is 6.16. The fourth-order valence-corrected chi connectivity index (χ4v) is 0.578. The molecule has 9 heavy (non-hydrogen) atoms. The van der Waals surface area contributed by atoms with E-state index in [0.29, 0.717) is 0 Å². The molecule has 3 heteroatoms. The Bertz CT molecular complexity index is 164. The molecular formula is C6H7FN2. The van der Waals surface area contributed by atoms with Crippen LogP contribution in [0.2, 0.25) is 0 Å². The van der Waals surface area contributed by atoms with Crippen LogP contribution < -0.4 is 5.54 Å². The van der Waals surface area contributed by atoms with Gasteiger partial charge in [-0.05, 0) is 17.7 Å². The van der Waals surface area contributed by atoms with Crippen molar-refractivity contribution in [3.63, 3.8) is 0 Å². The minimum absolute atomic E-state index is 0.252. The average Bonchev–Trinajstić information content (AvgIpc) is 1.91. The van der Waals surface area contributed by atoms with E-state index >= 15 is 0 Å². The first-order valence-corrected chi connectivity index (χ1v) is 2.66. The summed E-state index contributed by atoms with van der Waals surface area (Å²) >= 11 is 0. The Balaban J connectivity index is 2.61. The highest BCUT2D eigenvalue weighted by Crippen LogP contribution is 1.93. The van der Waals surface area contributed by atoms with Gasteiger partial charge in [-0.15, -0.1) is 4.48 Å². The molecule has 1 N–H and O–H groups in total. The summed E-state index contributed by atoms with van der Waals surface area (Å²) in [5.41, 5.74) is 2.45. The Morgan fingerprint density at radius 3 is 2.67 bits per heavy atom. The van der Waals surface area contributed by atoms with Gasteiger partial charge in [-0.3, -0.25) is 4.98 Å². The largest absolute Gasteiger partial charge is 0.265 e. The molecule has 0 saturated heterocycles. The van der Waals surface area contributed by atoms with Crippen molar-refractivity contribution in [1.82, 2.24) is 10.5 Å². The second-order valence-electron chi connectivity index (χ2n) is 1.67. The molecule has 0 amide bonds. The van der Waals surface area contributed by atoms with E-state index in [1.165, 1.54) is 0 Å². The lowest BCUT2D eigenvalue weighted by Crippen LogP contribution is -1.98. The molecular weight excluding hydrogens is 119 g/mol. The molecule has 1 heterocycles. The van der Waals surface area contributed by atoms with Gasteiger partial charge < -0.3 is 0 Å². The fourth-order valence-electron chi connectivity index (χ4n) is 0.578. The maximum Gasteiger partial charge on any atom is 0.0511 e. The van der Waals surface area contributed by atoms with E-state index in [9.17, 15) is 4.48 Å². The second-order valence-corrected chi connectivity index (χ2v) is 1.67. The van der Waals surface area contributed by atoms with E-state index in [0.717, 1.165) is 5.56 Å². The van der Waals surface area contributed by atoms with Gasteiger partial charge >= 0.3 is 0 Å². The Kier molecular flexibility index (Phi) is 2.15. The van der Waals surface area contributed by atoms with Gasteiger partial charge in [-0.25, -0.2) is 0 Å². The molecule has 0 aliphatic heterocycles. The van der Waals surface area contributed by atoms with E-state index in [-0.39, 0.29) is 6.54 Å². The summed E-state index contributed by atoms with van der Waals surface area (Å²) in [5, 5.41) is 0. The van der Waals surface area contributed by atoms with Crippen LogP contribution in [0.15, 0.2) is 24.5 Å². The third-order valence-corrected chi connectivity index (χ3v) is 1.02. The molecule has 0 radical (unpaired) electrons. The quantitative estimate of drug-likeness (QED) is 0.599. The normalized spacial score (nSPS) is 9.44. The Morgan fingerprint density at radius 2 is 2.11 bits per heavy atom. The summed E-state index contributed by atoms with van der Waals surface area (Å²) in [5.74, 6) is 0. The Labute approximate surface area is 52.7 Å². The van der Waals surface area contributed by atoms with Crippen molar-refractivity contribution in [1.29, 1.82) is 0 Å². The van der Waals surface area contributed by atoms with Gasteiger partial charge in [-0.2, -0.15) is 5.54 Å². The lowest BCUT2D eigenvalue weighted by Gasteiger charge is -1.92. The lowest BCUT2D eigenvalue weighted by atomic mass is 10.3. The van der Waals surface area contributed by atoms with E-state index in [4.69, 9.17) is 0 Å². The fraction of sp³-hybridized carbons (Fsp3) is 0.167. The number of nitrogens with zero attached hydrogens (tertiary/aromatic N) is 1. The van der Waals surface area contributed by atoms with Crippen LogP contribution in [0, 0.1) is 0 Å². The minimum atomic E-state index is 0.252. The first-order valence-electron chi connectivity index (χ1n) is 2.66. The zero-order chi connectivity index (χ0) is 6.53. The molecule has 0 unspecified atom stereocenters. The van der Waals surface area contributed by atoms with E-state index in [1.807, 2.05) is 0 Å². The number of hydrogen-bond acceptors (Lipinski definition) is 2. The second kappa shape index (κ2) is 3.14. The zero-order valence-electron chi connectivity index (χ0n) is 4.84.